The Bertz CT molecular complexity index is 1100. The summed E-state index contributed by atoms with van der Waals surface area (Å²) < 4.78 is 29.1. The zero-order chi connectivity index (χ0) is 24.0. The highest BCUT2D eigenvalue weighted by Crippen LogP contribution is 2.33. The molecule has 0 spiro atoms. The number of nitrogens with two attached hydrogens (primary N) is 1. The summed E-state index contributed by atoms with van der Waals surface area (Å²) in [5, 5.41) is 3.19. The van der Waals surface area contributed by atoms with Gasteiger partial charge in [-0.05, 0) is 91.6 Å². The Labute approximate surface area is 196 Å². The number of halogens is 2. The van der Waals surface area contributed by atoms with Gasteiger partial charge >= 0.3 is 0 Å². The lowest BCUT2D eigenvalue weighted by molar-refractivity contribution is 0.498. The molecule has 0 amide bonds. The average molecular weight is 452 g/mol. The number of fused-ring (bicyclic) bond motifs is 1. The van der Waals surface area contributed by atoms with Gasteiger partial charge in [0, 0.05) is 25.0 Å². The second kappa shape index (κ2) is 11.4. The molecule has 176 valence electrons. The third kappa shape index (κ3) is 5.77. The first-order valence-electron chi connectivity index (χ1n) is 11.7. The average Bonchev–Trinajstić information content (AvgIpc) is 3.21. The van der Waals surface area contributed by atoms with Crippen LogP contribution in [0.1, 0.15) is 56.2 Å². The fourth-order valence-electron chi connectivity index (χ4n) is 4.59. The minimum Gasteiger partial charge on any atom is -0.402 e. The summed E-state index contributed by atoms with van der Waals surface area (Å²) in [6.45, 7) is 4.88. The highest BCUT2D eigenvalue weighted by molar-refractivity contribution is 5.98. The van der Waals surface area contributed by atoms with Crippen molar-refractivity contribution >= 4 is 11.8 Å². The van der Waals surface area contributed by atoms with Crippen LogP contribution in [-0.2, 0) is 12.8 Å². The Kier molecular flexibility index (Phi) is 8.56. The predicted octanol–water partition coefficient (Wildman–Crippen LogP) is 6.22. The number of allylic oxidation sites excluding steroid dienone is 2. The topological polar surface area (TPSA) is 50.4 Å². The summed E-state index contributed by atoms with van der Waals surface area (Å²) in [5.41, 5.74) is 14.9. The van der Waals surface area contributed by atoms with Crippen molar-refractivity contribution in [3.8, 4) is 11.1 Å². The van der Waals surface area contributed by atoms with Crippen LogP contribution < -0.4 is 11.1 Å². The van der Waals surface area contributed by atoms with Crippen LogP contribution in [0.2, 0.25) is 0 Å². The van der Waals surface area contributed by atoms with Gasteiger partial charge in [0.2, 0.25) is 0 Å². The van der Waals surface area contributed by atoms with Gasteiger partial charge in [0.25, 0.3) is 0 Å². The number of nitrogens with one attached hydrogen (secondary N) is 1. The fraction of sp³-hybridized carbons (Fsp3) is 0.393. The third-order valence-electron chi connectivity index (χ3n) is 6.37. The van der Waals surface area contributed by atoms with E-state index >= 15 is 0 Å². The lowest BCUT2D eigenvalue weighted by Crippen LogP contribution is -2.10. The Morgan fingerprint density at radius 1 is 1.15 bits per heavy atom. The number of hydrogen-bond acceptors (Lipinski definition) is 3. The largest absolute Gasteiger partial charge is 0.402 e. The van der Waals surface area contributed by atoms with Crippen molar-refractivity contribution in [2.45, 2.75) is 52.4 Å². The molecule has 0 bridgehead atoms. The Hall–Kier alpha value is -2.79. The van der Waals surface area contributed by atoms with Gasteiger partial charge in [0.15, 0.2) is 11.6 Å². The summed E-state index contributed by atoms with van der Waals surface area (Å²) in [6, 6.07) is 9.13. The molecule has 0 radical (unpaired) electrons. The molecule has 0 fully saturated rings. The Balaban J connectivity index is 1.89. The van der Waals surface area contributed by atoms with Crippen LogP contribution in [-0.4, -0.2) is 26.4 Å². The quantitative estimate of drug-likeness (QED) is 0.422. The number of nitrogens with zero attached hydrogens (tertiary/aromatic N) is 1. The molecule has 3 N–H and O–H groups in total. The molecule has 0 aromatic heterocycles. The summed E-state index contributed by atoms with van der Waals surface area (Å²) in [7, 11) is 3.69. The lowest BCUT2D eigenvalue weighted by Gasteiger charge is -2.15. The highest BCUT2D eigenvalue weighted by atomic mass is 19.2. The van der Waals surface area contributed by atoms with E-state index < -0.39 is 11.6 Å². The van der Waals surface area contributed by atoms with Gasteiger partial charge < -0.3 is 11.1 Å². The second-order valence-electron chi connectivity index (χ2n) is 8.73. The van der Waals surface area contributed by atoms with E-state index in [1.165, 1.54) is 17.2 Å². The van der Waals surface area contributed by atoms with Crippen LogP contribution >= 0.6 is 0 Å². The normalized spacial score (nSPS) is 14.2. The molecule has 5 heteroatoms. The first-order valence-corrected chi connectivity index (χ1v) is 11.7. The molecule has 2 aromatic rings. The maximum Gasteiger partial charge on any atom is 0.162 e. The standard InChI is InChI=1S/C28H35F2N3/c1-5-7-27(31)23(18(2)33-4)8-6-9-25-24(12-13-26(29)28(25)30)21-11-10-20-14-19(17-32-3)15-22(20)16-21/h10-13,15-16,32H,5-9,14,17,31H2,1-4H3/b27-23-,33-18?. The number of likely N-dealkylation sites (N-methyl/N-ethyl adjacent to an activating group) is 1. The van der Waals surface area contributed by atoms with Gasteiger partial charge in [0.1, 0.15) is 0 Å². The van der Waals surface area contributed by atoms with Crippen molar-refractivity contribution in [1.29, 1.82) is 0 Å². The SMILES string of the molecule is CCC/C(N)=C(\CCCc1c(-c2ccc3c(c2)C=C(CNC)C3)ccc(F)c1F)C(C)=NC. The van der Waals surface area contributed by atoms with E-state index in [2.05, 4.69) is 35.4 Å². The second-order valence-corrected chi connectivity index (χ2v) is 8.73. The zero-order valence-corrected chi connectivity index (χ0v) is 20.2. The maximum absolute atomic E-state index is 15.0. The highest BCUT2D eigenvalue weighted by Gasteiger charge is 2.18. The summed E-state index contributed by atoms with van der Waals surface area (Å²) >= 11 is 0. The van der Waals surface area contributed by atoms with Crippen molar-refractivity contribution in [2.24, 2.45) is 10.7 Å². The minimum atomic E-state index is -0.807. The fourth-order valence-corrected chi connectivity index (χ4v) is 4.59. The maximum atomic E-state index is 15.0. The molecule has 2 aromatic carbocycles. The van der Waals surface area contributed by atoms with Gasteiger partial charge in [-0.1, -0.05) is 43.2 Å². The minimum absolute atomic E-state index is 0.423. The van der Waals surface area contributed by atoms with E-state index in [0.717, 1.165) is 59.5 Å². The van der Waals surface area contributed by atoms with Crippen LogP contribution in [0.5, 0.6) is 0 Å². The Morgan fingerprint density at radius 2 is 1.94 bits per heavy atom. The molecule has 3 rings (SSSR count). The van der Waals surface area contributed by atoms with Crippen molar-refractivity contribution in [3.63, 3.8) is 0 Å². The molecule has 0 saturated heterocycles. The first kappa shape index (κ1) is 24.8. The molecule has 3 nitrogen and oxygen atoms in total. The van der Waals surface area contributed by atoms with Crippen molar-refractivity contribution in [2.75, 3.05) is 20.6 Å². The molecule has 33 heavy (non-hydrogen) atoms. The third-order valence-corrected chi connectivity index (χ3v) is 6.37. The number of hydrogen-bond donors (Lipinski definition) is 2. The summed E-state index contributed by atoms with van der Waals surface area (Å²) in [4.78, 5) is 4.30. The summed E-state index contributed by atoms with van der Waals surface area (Å²) in [5.74, 6) is -1.56. The van der Waals surface area contributed by atoms with Crippen LogP contribution in [0.25, 0.3) is 17.2 Å². The molecular weight excluding hydrogens is 416 g/mol. The first-order chi connectivity index (χ1) is 15.9. The van der Waals surface area contributed by atoms with Crippen LogP contribution in [0.15, 0.2) is 52.2 Å². The van der Waals surface area contributed by atoms with Crippen LogP contribution in [0, 0.1) is 11.6 Å². The van der Waals surface area contributed by atoms with Crippen molar-refractivity contribution in [1.82, 2.24) is 5.32 Å². The number of rotatable bonds is 10. The van der Waals surface area contributed by atoms with Gasteiger partial charge in [-0.15, -0.1) is 0 Å². The summed E-state index contributed by atoms with van der Waals surface area (Å²) in [6.07, 6.45) is 6.65. The molecule has 0 unspecified atom stereocenters. The molecule has 0 aliphatic heterocycles. The van der Waals surface area contributed by atoms with E-state index in [1.54, 1.807) is 13.1 Å². The molecule has 0 saturated carbocycles. The Morgan fingerprint density at radius 3 is 2.64 bits per heavy atom. The molecule has 0 atom stereocenters. The van der Waals surface area contributed by atoms with E-state index in [9.17, 15) is 8.78 Å². The molecular formula is C28H35F2N3. The molecule has 0 heterocycles. The monoisotopic (exact) mass is 451 g/mol. The molecule has 1 aliphatic rings. The molecule has 1 aliphatic carbocycles. The zero-order valence-electron chi connectivity index (χ0n) is 20.2. The van der Waals surface area contributed by atoms with Gasteiger partial charge in [-0.25, -0.2) is 8.78 Å². The van der Waals surface area contributed by atoms with Crippen LogP contribution in [0.3, 0.4) is 0 Å². The van der Waals surface area contributed by atoms with E-state index in [0.29, 0.717) is 24.8 Å². The van der Waals surface area contributed by atoms with Gasteiger partial charge in [-0.3, -0.25) is 4.99 Å². The van der Waals surface area contributed by atoms with Gasteiger partial charge in [-0.2, -0.15) is 0 Å². The van der Waals surface area contributed by atoms with Crippen molar-refractivity contribution in [3.05, 3.63) is 75.5 Å². The van der Waals surface area contributed by atoms with E-state index in [-0.39, 0.29) is 0 Å². The lowest BCUT2D eigenvalue weighted by atomic mass is 9.92. The van der Waals surface area contributed by atoms with E-state index in [4.69, 9.17) is 5.73 Å². The predicted molar refractivity (Wildman–Crippen MR) is 135 cm³/mol. The smallest absolute Gasteiger partial charge is 0.162 e. The van der Waals surface area contributed by atoms with E-state index in [1.807, 2.05) is 20.0 Å². The van der Waals surface area contributed by atoms with Gasteiger partial charge in [0.05, 0.1) is 0 Å². The van der Waals surface area contributed by atoms with Crippen molar-refractivity contribution < 1.29 is 8.78 Å². The van der Waals surface area contributed by atoms with Crippen LogP contribution in [0.4, 0.5) is 8.78 Å². The number of benzene rings is 2. The number of aliphatic imine (C=N–C) groups is 1.